The van der Waals surface area contributed by atoms with Gasteiger partial charge in [-0.2, -0.15) is 0 Å². The first kappa shape index (κ1) is 16.3. The molecule has 0 bridgehead atoms. The Hall–Kier alpha value is -1.10. The molecule has 1 saturated carbocycles. The quantitative estimate of drug-likeness (QED) is 0.841. The highest BCUT2D eigenvalue weighted by Crippen LogP contribution is 2.28. The van der Waals surface area contributed by atoms with Gasteiger partial charge >= 0.3 is 0 Å². The number of hydrogen-bond acceptors (Lipinski definition) is 3. The van der Waals surface area contributed by atoms with E-state index in [0.717, 1.165) is 23.2 Å². The molecule has 0 radical (unpaired) electrons. The Morgan fingerprint density at radius 1 is 1.38 bits per heavy atom. The van der Waals surface area contributed by atoms with E-state index < -0.39 is 0 Å². The second kappa shape index (κ2) is 7.78. The van der Waals surface area contributed by atoms with Crippen molar-refractivity contribution in [2.45, 2.75) is 51.5 Å². The zero-order chi connectivity index (χ0) is 15.2. The van der Waals surface area contributed by atoms with Gasteiger partial charge in [-0.25, -0.2) is 4.98 Å². The van der Waals surface area contributed by atoms with E-state index in [1.165, 1.54) is 25.7 Å². The highest BCUT2D eigenvalue weighted by Gasteiger charge is 2.23. The number of halogens is 1. The summed E-state index contributed by atoms with van der Waals surface area (Å²) >= 11 is 3.37. The largest absolute Gasteiger partial charge is 0.372 e. The molecule has 1 aromatic heterocycles. The van der Waals surface area contributed by atoms with E-state index in [1.807, 2.05) is 6.07 Å². The molecule has 116 valence electrons. The maximum absolute atomic E-state index is 12.4. The SMILES string of the molecule is CCCC1CCC(NC(=O)c2cc(Br)cnc2NC)CC1. The van der Waals surface area contributed by atoms with Crippen molar-refractivity contribution < 1.29 is 4.79 Å². The first-order valence-corrected chi connectivity index (χ1v) is 8.57. The minimum atomic E-state index is -0.0351. The molecule has 1 fully saturated rings. The molecule has 0 atom stereocenters. The summed E-state index contributed by atoms with van der Waals surface area (Å²) in [5.74, 6) is 1.44. The van der Waals surface area contributed by atoms with Crippen LogP contribution in [0.3, 0.4) is 0 Å². The van der Waals surface area contributed by atoms with Gasteiger partial charge in [0, 0.05) is 23.8 Å². The lowest BCUT2D eigenvalue weighted by atomic mass is 9.83. The van der Waals surface area contributed by atoms with E-state index >= 15 is 0 Å². The second-order valence-electron chi connectivity index (χ2n) is 5.78. The molecule has 0 aromatic carbocycles. The van der Waals surface area contributed by atoms with E-state index in [-0.39, 0.29) is 5.91 Å². The molecule has 1 aromatic rings. The van der Waals surface area contributed by atoms with Gasteiger partial charge < -0.3 is 10.6 Å². The number of amides is 1. The average Bonchev–Trinajstić information content (AvgIpc) is 2.49. The molecular weight excluding hydrogens is 330 g/mol. The van der Waals surface area contributed by atoms with E-state index in [0.29, 0.717) is 17.4 Å². The van der Waals surface area contributed by atoms with Gasteiger partial charge in [-0.3, -0.25) is 4.79 Å². The normalized spacial score (nSPS) is 21.9. The number of anilines is 1. The Bertz CT molecular complexity index is 484. The Balaban J connectivity index is 1.95. The predicted octanol–water partition coefficient (Wildman–Crippen LogP) is 3.97. The van der Waals surface area contributed by atoms with Crippen LogP contribution in [0.4, 0.5) is 5.82 Å². The fourth-order valence-electron chi connectivity index (χ4n) is 3.08. The van der Waals surface area contributed by atoms with Gasteiger partial charge in [0.15, 0.2) is 0 Å². The van der Waals surface area contributed by atoms with Crippen molar-refractivity contribution in [3.05, 3.63) is 22.3 Å². The van der Waals surface area contributed by atoms with Gasteiger partial charge in [0.1, 0.15) is 5.82 Å². The average molecular weight is 354 g/mol. The van der Waals surface area contributed by atoms with Crippen molar-refractivity contribution in [2.75, 3.05) is 12.4 Å². The summed E-state index contributed by atoms with van der Waals surface area (Å²) < 4.78 is 0.818. The Kier molecular flexibility index (Phi) is 6.03. The topological polar surface area (TPSA) is 54.0 Å². The first-order valence-electron chi connectivity index (χ1n) is 7.78. The van der Waals surface area contributed by atoms with Crippen LogP contribution in [0.5, 0.6) is 0 Å². The first-order chi connectivity index (χ1) is 10.1. The third-order valence-electron chi connectivity index (χ3n) is 4.21. The summed E-state index contributed by atoms with van der Waals surface area (Å²) in [6.45, 7) is 2.24. The number of carbonyl (C=O) groups is 1. The van der Waals surface area contributed by atoms with Crippen LogP contribution in [-0.2, 0) is 0 Å². The number of nitrogens with zero attached hydrogens (tertiary/aromatic N) is 1. The fourth-order valence-corrected chi connectivity index (χ4v) is 3.41. The molecule has 1 heterocycles. The monoisotopic (exact) mass is 353 g/mol. The van der Waals surface area contributed by atoms with E-state index in [2.05, 4.69) is 38.5 Å². The smallest absolute Gasteiger partial charge is 0.255 e. The number of rotatable bonds is 5. The lowest BCUT2D eigenvalue weighted by Crippen LogP contribution is -2.38. The molecule has 1 aliphatic carbocycles. The molecule has 21 heavy (non-hydrogen) atoms. The van der Waals surface area contributed by atoms with Crippen molar-refractivity contribution in [1.82, 2.24) is 10.3 Å². The van der Waals surface area contributed by atoms with Crippen molar-refractivity contribution in [1.29, 1.82) is 0 Å². The van der Waals surface area contributed by atoms with Crippen molar-refractivity contribution in [3.8, 4) is 0 Å². The molecule has 5 heteroatoms. The van der Waals surface area contributed by atoms with Crippen LogP contribution in [0, 0.1) is 5.92 Å². The molecule has 1 aliphatic rings. The molecule has 1 amide bonds. The van der Waals surface area contributed by atoms with Crippen molar-refractivity contribution in [2.24, 2.45) is 5.92 Å². The number of aromatic nitrogens is 1. The van der Waals surface area contributed by atoms with E-state index in [9.17, 15) is 4.79 Å². The standard InChI is InChI=1S/C16H24BrN3O/c1-3-4-11-5-7-13(8-6-11)20-16(21)14-9-12(17)10-19-15(14)18-2/h9-11,13H,3-8H2,1-2H3,(H,18,19)(H,20,21). The van der Waals surface area contributed by atoms with Gasteiger partial charge in [-0.05, 0) is 53.6 Å². The Morgan fingerprint density at radius 3 is 2.71 bits per heavy atom. The summed E-state index contributed by atoms with van der Waals surface area (Å²) in [5, 5.41) is 6.13. The molecule has 2 rings (SSSR count). The van der Waals surface area contributed by atoms with Crippen molar-refractivity contribution in [3.63, 3.8) is 0 Å². The molecular formula is C16H24BrN3O. The van der Waals surface area contributed by atoms with Gasteiger partial charge in [-0.1, -0.05) is 19.8 Å². The fraction of sp³-hybridized carbons (Fsp3) is 0.625. The second-order valence-corrected chi connectivity index (χ2v) is 6.70. The third kappa shape index (κ3) is 4.43. The molecule has 0 unspecified atom stereocenters. The summed E-state index contributed by atoms with van der Waals surface area (Å²) in [6.07, 6.45) is 8.91. The van der Waals surface area contributed by atoms with Crippen LogP contribution < -0.4 is 10.6 Å². The number of hydrogen-bond donors (Lipinski definition) is 2. The predicted molar refractivity (Wildman–Crippen MR) is 89.6 cm³/mol. The van der Waals surface area contributed by atoms with Gasteiger partial charge in [0.05, 0.1) is 5.56 Å². The molecule has 0 saturated heterocycles. The summed E-state index contributed by atoms with van der Waals surface area (Å²) in [7, 11) is 1.78. The van der Waals surface area contributed by atoms with E-state index in [4.69, 9.17) is 0 Å². The highest BCUT2D eigenvalue weighted by molar-refractivity contribution is 9.10. The van der Waals surface area contributed by atoms with Crippen LogP contribution in [0.2, 0.25) is 0 Å². The third-order valence-corrected chi connectivity index (χ3v) is 4.65. The van der Waals surface area contributed by atoms with Crippen molar-refractivity contribution >= 4 is 27.7 Å². The summed E-state index contributed by atoms with van der Waals surface area (Å²) in [6, 6.07) is 2.12. The highest BCUT2D eigenvalue weighted by atomic mass is 79.9. The summed E-state index contributed by atoms with van der Waals surface area (Å²) in [4.78, 5) is 16.7. The number of carbonyl (C=O) groups excluding carboxylic acids is 1. The Labute approximate surface area is 135 Å². The van der Waals surface area contributed by atoms with Crippen LogP contribution in [0.1, 0.15) is 55.8 Å². The van der Waals surface area contributed by atoms with Crippen LogP contribution in [0.15, 0.2) is 16.7 Å². The van der Waals surface area contributed by atoms with E-state index in [1.54, 1.807) is 13.2 Å². The zero-order valence-corrected chi connectivity index (χ0v) is 14.4. The maximum atomic E-state index is 12.4. The maximum Gasteiger partial charge on any atom is 0.255 e. The molecule has 2 N–H and O–H groups in total. The molecule has 4 nitrogen and oxygen atoms in total. The molecule has 0 spiro atoms. The minimum Gasteiger partial charge on any atom is -0.372 e. The van der Waals surface area contributed by atoms with Gasteiger partial charge in [-0.15, -0.1) is 0 Å². The lowest BCUT2D eigenvalue weighted by molar-refractivity contribution is 0.0921. The number of pyridine rings is 1. The van der Waals surface area contributed by atoms with Gasteiger partial charge in [0.25, 0.3) is 5.91 Å². The van der Waals surface area contributed by atoms with Gasteiger partial charge in [0.2, 0.25) is 0 Å². The minimum absolute atomic E-state index is 0.0351. The van der Waals surface area contributed by atoms with Crippen LogP contribution in [-0.4, -0.2) is 24.0 Å². The van der Waals surface area contributed by atoms with Crippen LogP contribution >= 0.6 is 15.9 Å². The summed E-state index contributed by atoms with van der Waals surface area (Å²) in [5.41, 5.74) is 0.600. The Morgan fingerprint density at radius 2 is 2.10 bits per heavy atom. The number of nitrogens with one attached hydrogen (secondary N) is 2. The van der Waals surface area contributed by atoms with Crippen LogP contribution in [0.25, 0.3) is 0 Å². The zero-order valence-electron chi connectivity index (χ0n) is 12.8. The lowest BCUT2D eigenvalue weighted by Gasteiger charge is -2.29. The molecule has 0 aliphatic heterocycles.